The van der Waals surface area contributed by atoms with E-state index in [0.29, 0.717) is 11.3 Å². The van der Waals surface area contributed by atoms with E-state index in [4.69, 9.17) is 0 Å². The van der Waals surface area contributed by atoms with Gasteiger partial charge in [-0.15, -0.1) is 0 Å². The normalized spacial score (nSPS) is 10.6. The van der Waals surface area contributed by atoms with Gasteiger partial charge in [0, 0.05) is 21.5 Å². The summed E-state index contributed by atoms with van der Waals surface area (Å²) in [5, 5.41) is 3.81. The van der Waals surface area contributed by atoms with Crippen molar-refractivity contribution >= 4 is 38.4 Å². The van der Waals surface area contributed by atoms with E-state index in [2.05, 4.69) is 26.2 Å². The zero-order valence-electron chi connectivity index (χ0n) is 10.9. The lowest BCUT2D eigenvalue weighted by atomic mass is 10.1. The van der Waals surface area contributed by atoms with E-state index in [-0.39, 0.29) is 11.7 Å². The number of hydrogen-bond donors (Lipinski definition) is 1. The fraction of sp³-hybridized carbons (Fsp3) is 0. The van der Waals surface area contributed by atoms with Gasteiger partial charge < -0.3 is 5.32 Å². The van der Waals surface area contributed by atoms with Crippen molar-refractivity contribution in [3.63, 3.8) is 0 Å². The van der Waals surface area contributed by atoms with Gasteiger partial charge in [0.25, 0.3) is 5.91 Å². The molecule has 0 atom stereocenters. The van der Waals surface area contributed by atoms with Crippen molar-refractivity contribution in [2.45, 2.75) is 0 Å². The Morgan fingerprint density at radius 3 is 2.67 bits per heavy atom. The van der Waals surface area contributed by atoms with Gasteiger partial charge >= 0.3 is 0 Å². The second-order valence-electron chi connectivity index (χ2n) is 4.55. The van der Waals surface area contributed by atoms with Crippen LogP contribution in [0.2, 0.25) is 0 Å². The molecular formula is C16H11BrFN2O+. The van der Waals surface area contributed by atoms with E-state index in [0.717, 1.165) is 15.4 Å². The summed E-state index contributed by atoms with van der Waals surface area (Å²) in [6.45, 7) is 0. The summed E-state index contributed by atoms with van der Waals surface area (Å²) in [4.78, 5) is 15.3. The van der Waals surface area contributed by atoms with Gasteiger partial charge in [0.15, 0.2) is 6.20 Å². The standard InChI is InChI=1S/C16H10BrFN2O/c17-12-8-11-2-1-7-19-15(11)14(9-12)20-16(21)10-3-5-13(18)6-4-10/h1-9H,(H,20,21)/p+1. The number of carbonyl (C=O) groups is 1. The first-order valence-electron chi connectivity index (χ1n) is 6.30. The molecule has 0 aliphatic heterocycles. The maximum atomic E-state index is 12.9. The number of rotatable bonds is 2. The van der Waals surface area contributed by atoms with Crippen molar-refractivity contribution in [3.8, 4) is 0 Å². The monoisotopic (exact) mass is 345 g/mol. The Labute approximate surface area is 128 Å². The van der Waals surface area contributed by atoms with Gasteiger partial charge in [0.1, 0.15) is 11.5 Å². The lowest BCUT2D eigenvalue weighted by molar-refractivity contribution is -0.344. The number of carbonyl (C=O) groups excluding carboxylic acids is 1. The molecule has 0 unspecified atom stereocenters. The van der Waals surface area contributed by atoms with Crippen molar-refractivity contribution in [1.29, 1.82) is 0 Å². The number of fused-ring (bicyclic) bond motifs is 1. The molecule has 0 aliphatic rings. The van der Waals surface area contributed by atoms with Crippen molar-refractivity contribution in [2.24, 2.45) is 0 Å². The molecule has 104 valence electrons. The van der Waals surface area contributed by atoms with Crippen LogP contribution >= 0.6 is 15.9 Å². The maximum absolute atomic E-state index is 12.9. The number of nitrogens with one attached hydrogen (secondary N) is 2. The van der Waals surface area contributed by atoms with Gasteiger partial charge in [0.2, 0.25) is 5.52 Å². The maximum Gasteiger partial charge on any atom is 0.255 e. The number of H-pyrrole nitrogens is 1. The van der Waals surface area contributed by atoms with Gasteiger partial charge in [-0.1, -0.05) is 15.9 Å². The number of aromatic amines is 1. The largest absolute Gasteiger partial charge is 0.316 e. The lowest BCUT2D eigenvalue weighted by Crippen LogP contribution is -2.15. The minimum Gasteiger partial charge on any atom is -0.316 e. The van der Waals surface area contributed by atoms with E-state index < -0.39 is 0 Å². The molecule has 3 aromatic rings. The van der Waals surface area contributed by atoms with E-state index in [1.165, 1.54) is 24.3 Å². The van der Waals surface area contributed by atoms with Crippen molar-refractivity contribution in [1.82, 2.24) is 0 Å². The first-order chi connectivity index (χ1) is 10.1. The molecule has 5 heteroatoms. The highest BCUT2D eigenvalue weighted by molar-refractivity contribution is 9.10. The zero-order valence-corrected chi connectivity index (χ0v) is 12.4. The van der Waals surface area contributed by atoms with Crippen LogP contribution in [0, 0.1) is 5.82 Å². The van der Waals surface area contributed by atoms with Crippen LogP contribution in [-0.4, -0.2) is 5.91 Å². The number of amides is 1. The SMILES string of the molecule is O=C(Nc1cc(Br)cc2ccc[nH+]c12)c1ccc(F)cc1. The lowest BCUT2D eigenvalue weighted by Gasteiger charge is -2.06. The molecule has 0 bridgehead atoms. The summed E-state index contributed by atoms with van der Waals surface area (Å²) in [7, 11) is 0. The average molecular weight is 346 g/mol. The summed E-state index contributed by atoms with van der Waals surface area (Å²) < 4.78 is 13.8. The predicted molar refractivity (Wildman–Crippen MR) is 82.6 cm³/mol. The Morgan fingerprint density at radius 2 is 1.90 bits per heavy atom. The zero-order chi connectivity index (χ0) is 14.8. The Bertz CT molecular complexity index is 818. The Hall–Kier alpha value is -2.27. The van der Waals surface area contributed by atoms with Gasteiger partial charge in [-0.05, 0) is 42.5 Å². The molecule has 3 rings (SSSR count). The van der Waals surface area contributed by atoms with Crippen molar-refractivity contribution < 1.29 is 14.2 Å². The number of benzene rings is 2. The van der Waals surface area contributed by atoms with E-state index >= 15 is 0 Å². The van der Waals surface area contributed by atoms with Gasteiger partial charge in [-0.3, -0.25) is 4.79 Å². The molecule has 1 amide bonds. The van der Waals surface area contributed by atoms with Crippen LogP contribution in [-0.2, 0) is 0 Å². The Morgan fingerprint density at radius 1 is 1.14 bits per heavy atom. The minimum absolute atomic E-state index is 0.286. The molecule has 0 saturated carbocycles. The molecule has 2 N–H and O–H groups in total. The summed E-state index contributed by atoms with van der Waals surface area (Å²) in [6.07, 6.45) is 1.80. The summed E-state index contributed by atoms with van der Waals surface area (Å²) >= 11 is 3.42. The third-order valence-electron chi connectivity index (χ3n) is 3.09. The van der Waals surface area contributed by atoms with Crippen LogP contribution in [0.3, 0.4) is 0 Å². The predicted octanol–water partition coefficient (Wildman–Crippen LogP) is 3.81. The highest BCUT2D eigenvalue weighted by atomic mass is 79.9. The molecule has 0 radical (unpaired) electrons. The van der Waals surface area contributed by atoms with E-state index in [9.17, 15) is 9.18 Å². The van der Waals surface area contributed by atoms with Gasteiger partial charge in [-0.2, -0.15) is 0 Å². The summed E-state index contributed by atoms with van der Waals surface area (Å²) in [6, 6.07) is 13.0. The third-order valence-corrected chi connectivity index (χ3v) is 3.55. The second kappa shape index (κ2) is 5.61. The second-order valence-corrected chi connectivity index (χ2v) is 5.46. The number of hydrogen-bond acceptors (Lipinski definition) is 1. The molecule has 0 saturated heterocycles. The minimum atomic E-state index is -0.368. The first kappa shape index (κ1) is 13.7. The average Bonchev–Trinajstić information content (AvgIpc) is 2.47. The van der Waals surface area contributed by atoms with Crippen LogP contribution in [0.1, 0.15) is 10.4 Å². The quantitative estimate of drug-likeness (QED) is 0.754. The smallest absolute Gasteiger partial charge is 0.255 e. The van der Waals surface area contributed by atoms with E-state index in [1.54, 1.807) is 6.20 Å². The van der Waals surface area contributed by atoms with Crippen molar-refractivity contribution in [3.05, 3.63) is 70.6 Å². The highest BCUT2D eigenvalue weighted by Gasteiger charge is 2.13. The number of anilines is 1. The molecular weight excluding hydrogens is 335 g/mol. The number of halogens is 2. The van der Waals surface area contributed by atoms with Crippen LogP contribution in [0.15, 0.2) is 59.2 Å². The van der Waals surface area contributed by atoms with Crippen molar-refractivity contribution in [2.75, 3.05) is 5.32 Å². The topological polar surface area (TPSA) is 43.2 Å². The molecule has 1 heterocycles. The van der Waals surface area contributed by atoms with E-state index in [1.807, 2.05) is 24.3 Å². The summed E-state index contributed by atoms with van der Waals surface area (Å²) in [5.74, 6) is -0.653. The molecule has 21 heavy (non-hydrogen) atoms. The molecule has 2 aromatic carbocycles. The fourth-order valence-corrected chi connectivity index (χ4v) is 2.57. The summed E-state index contributed by atoms with van der Waals surface area (Å²) in [5.41, 5.74) is 1.89. The fourth-order valence-electron chi connectivity index (χ4n) is 2.10. The molecule has 0 fully saturated rings. The van der Waals surface area contributed by atoms with Gasteiger partial charge in [-0.25, -0.2) is 9.37 Å². The number of pyridine rings is 1. The molecule has 1 aromatic heterocycles. The first-order valence-corrected chi connectivity index (χ1v) is 7.10. The molecule has 0 spiro atoms. The Kier molecular flexibility index (Phi) is 3.66. The Balaban J connectivity index is 1.98. The van der Waals surface area contributed by atoms with Crippen LogP contribution in [0.5, 0.6) is 0 Å². The highest BCUT2D eigenvalue weighted by Crippen LogP contribution is 2.25. The third kappa shape index (κ3) is 2.92. The number of aromatic nitrogens is 1. The molecule has 3 nitrogen and oxygen atoms in total. The van der Waals surface area contributed by atoms with Crippen LogP contribution < -0.4 is 10.3 Å². The molecule has 0 aliphatic carbocycles. The van der Waals surface area contributed by atoms with Gasteiger partial charge in [0.05, 0.1) is 0 Å². The van der Waals surface area contributed by atoms with Crippen LogP contribution in [0.25, 0.3) is 10.9 Å². The van der Waals surface area contributed by atoms with Crippen LogP contribution in [0.4, 0.5) is 10.1 Å².